The number of aryl methyl sites for hydroxylation is 1. The number of piperidine rings is 1. The molecule has 0 radical (unpaired) electrons. The van der Waals surface area contributed by atoms with E-state index in [2.05, 4.69) is 28.4 Å². The molecule has 1 amide bonds. The lowest BCUT2D eigenvalue weighted by Gasteiger charge is -2.41. The first-order valence-electron chi connectivity index (χ1n) is 13.4. The maximum atomic E-state index is 13.2. The predicted molar refractivity (Wildman–Crippen MR) is 147 cm³/mol. The van der Waals surface area contributed by atoms with Crippen molar-refractivity contribution < 1.29 is 18.8 Å². The van der Waals surface area contributed by atoms with Gasteiger partial charge in [0.25, 0.3) is 5.69 Å². The van der Waals surface area contributed by atoms with E-state index in [-0.39, 0.29) is 35.5 Å². The SMILES string of the molecule is Cc1cc(C#N)[n+]([O-])c(C)c1C(=O)CCC[C@@H](C)N1CCC(N(Cc2ccsc2)C(=O)Cc2ccon2)CC1. The van der Waals surface area contributed by atoms with E-state index in [9.17, 15) is 14.8 Å². The van der Waals surface area contributed by atoms with Crippen LogP contribution in [0.25, 0.3) is 0 Å². The Balaban J connectivity index is 1.29. The molecule has 0 aliphatic carbocycles. The van der Waals surface area contributed by atoms with E-state index in [0.29, 0.717) is 40.6 Å². The van der Waals surface area contributed by atoms with Crippen molar-refractivity contribution in [3.63, 3.8) is 0 Å². The number of carbonyl (C=O) groups excluding carboxylic acids is 2. The van der Waals surface area contributed by atoms with Crippen molar-refractivity contribution in [2.24, 2.45) is 0 Å². The van der Waals surface area contributed by atoms with Gasteiger partial charge >= 0.3 is 0 Å². The Bertz CT molecular complexity index is 1310. The summed E-state index contributed by atoms with van der Waals surface area (Å²) in [5.41, 5.74) is 3.18. The first-order chi connectivity index (χ1) is 18.8. The minimum atomic E-state index is -0.0558. The molecule has 9 nitrogen and oxygen atoms in total. The first kappa shape index (κ1) is 28.5. The summed E-state index contributed by atoms with van der Waals surface area (Å²) >= 11 is 1.63. The number of aromatic nitrogens is 2. The lowest BCUT2D eigenvalue weighted by molar-refractivity contribution is -0.615. The van der Waals surface area contributed by atoms with Gasteiger partial charge in [-0.25, -0.2) is 0 Å². The van der Waals surface area contributed by atoms with Crippen molar-refractivity contribution in [2.75, 3.05) is 13.1 Å². The Morgan fingerprint density at radius 1 is 1.33 bits per heavy atom. The molecule has 1 fully saturated rings. The number of nitrogens with zero attached hydrogens (tertiary/aromatic N) is 5. The van der Waals surface area contributed by atoms with E-state index in [1.54, 1.807) is 31.3 Å². The van der Waals surface area contributed by atoms with Gasteiger partial charge < -0.3 is 19.5 Å². The first-order valence-corrected chi connectivity index (χ1v) is 14.3. The van der Waals surface area contributed by atoms with Crippen LogP contribution in [0.1, 0.15) is 77.6 Å². The monoisotopic (exact) mass is 549 g/mol. The summed E-state index contributed by atoms with van der Waals surface area (Å²) in [6.45, 7) is 7.93. The Morgan fingerprint density at radius 2 is 2.10 bits per heavy atom. The van der Waals surface area contributed by atoms with E-state index in [4.69, 9.17) is 9.78 Å². The Hall–Kier alpha value is -3.55. The Morgan fingerprint density at radius 3 is 2.74 bits per heavy atom. The quantitative estimate of drug-likeness (QED) is 0.198. The van der Waals surface area contributed by atoms with E-state index in [1.165, 1.54) is 12.3 Å². The largest absolute Gasteiger partial charge is 0.618 e. The number of thiophene rings is 1. The number of pyridine rings is 1. The third-order valence-corrected chi connectivity index (χ3v) is 8.42. The fourth-order valence-corrected chi connectivity index (χ4v) is 6.15. The molecule has 1 saturated heterocycles. The van der Waals surface area contributed by atoms with E-state index in [1.807, 2.05) is 16.3 Å². The molecule has 4 heterocycles. The van der Waals surface area contributed by atoms with Gasteiger partial charge in [-0.05, 0) is 67.5 Å². The van der Waals surface area contributed by atoms with Gasteiger partial charge in [0.2, 0.25) is 11.6 Å². The molecule has 4 rings (SSSR count). The fourth-order valence-electron chi connectivity index (χ4n) is 5.49. The van der Waals surface area contributed by atoms with Crippen LogP contribution in [0.4, 0.5) is 0 Å². The molecule has 0 bridgehead atoms. The number of amides is 1. The minimum absolute atomic E-state index is 0.00677. The second-order valence-corrected chi connectivity index (χ2v) is 11.1. The zero-order valence-corrected chi connectivity index (χ0v) is 23.6. The van der Waals surface area contributed by atoms with E-state index >= 15 is 0 Å². The summed E-state index contributed by atoms with van der Waals surface area (Å²) in [7, 11) is 0. The number of carbonyl (C=O) groups is 2. The normalized spacial score (nSPS) is 15.1. The van der Waals surface area contributed by atoms with Crippen LogP contribution in [-0.4, -0.2) is 51.8 Å². The molecule has 0 saturated carbocycles. The van der Waals surface area contributed by atoms with Crippen molar-refractivity contribution in [3.05, 3.63) is 74.2 Å². The molecule has 206 valence electrons. The lowest BCUT2D eigenvalue weighted by atomic mass is 9.96. The molecule has 0 N–H and O–H groups in total. The van der Waals surface area contributed by atoms with Crippen LogP contribution in [0, 0.1) is 30.4 Å². The van der Waals surface area contributed by atoms with Gasteiger partial charge in [-0.3, -0.25) is 9.59 Å². The molecule has 10 heteroatoms. The minimum Gasteiger partial charge on any atom is -0.618 e. The van der Waals surface area contributed by atoms with Crippen LogP contribution < -0.4 is 4.73 Å². The summed E-state index contributed by atoms with van der Waals surface area (Å²) in [5.74, 6) is 0.00703. The molecule has 39 heavy (non-hydrogen) atoms. The van der Waals surface area contributed by atoms with Crippen LogP contribution in [0.15, 0.2) is 39.7 Å². The summed E-state index contributed by atoms with van der Waals surface area (Å²) in [6, 6.07) is 7.64. The van der Waals surface area contributed by atoms with Gasteiger partial charge in [0.05, 0.1) is 17.7 Å². The molecule has 3 aromatic rings. The standard InChI is InChI=1S/C29H35N5O4S/c1-20-15-26(17-30)34(37)22(3)29(20)27(35)6-4-5-21(2)32-11-7-25(8-12-32)33(18-23-10-14-39-19-23)28(36)16-24-9-13-38-31-24/h9-10,13-15,19,21,25H,4-8,11-12,16,18H2,1-3H3/t21-/m1/s1. The second kappa shape index (κ2) is 13.0. The molecule has 0 spiro atoms. The number of hydrogen-bond donors (Lipinski definition) is 0. The fraction of sp³-hybridized carbons (Fsp3) is 0.483. The van der Waals surface area contributed by atoms with Gasteiger partial charge in [0, 0.05) is 57.2 Å². The number of rotatable bonds is 11. The van der Waals surface area contributed by atoms with Gasteiger partial charge in [-0.2, -0.15) is 21.3 Å². The zero-order chi connectivity index (χ0) is 27.9. The van der Waals surface area contributed by atoms with Crippen LogP contribution in [0.5, 0.6) is 0 Å². The summed E-state index contributed by atoms with van der Waals surface area (Å²) in [4.78, 5) is 30.6. The smallest absolute Gasteiger partial charge is 0.295 e. The summed E-state index contributed by atoms with van der Waals surface area (Å²) in [6.07, 6.45) is 5.46. The van der Waals surface area contributed by atoms with Crippen LogP contribution in [0.3, 0.4) is 0 Å². The molecular formula is C29H35N5O4S. The predicted octanol–water partition coefficient (Wildman–Crippen LogP) is 4.34. The molecule has 1 atom stereocenters. The molecule has 0 unspecified atom stereocenters. The average Bonchev–Trinajstić information content (AvgIpc) is 3.64. The van der Waals surface area contributed by atoms with Gasteiger partial charge in [0.15, 0.2) is 11.9 Å². The van der Waals surface area contributed by atoms with Gasteiger partial charge in [-0.15, -0.1) is 0 Å². The highest BCUT2D eigenvalue weighted by molar-refractivity contribution is 7.07. The van der Waals surface area contributed by atoms with Gasteiger partial charge in [0.1, 0.15) is 6.26 Å². The van der Waals surface area contributed by atoms with E-state index in [0.717, 1.165) is 44.3 Å². The van der Waals surface area contributed by atoms with Gasteiger partial charge in [-0.1, -0.05) is 5.16 Å². The van der Waals surface area contributed by atoms with Crippen LogP contribution >= 0.6 is 11.3 Å². The topological polar surface area (TPSA) is 117 Å². The van der Waals surface area contributed by atoms with Crippen molar-refractivity contribution in [1.82, 2.24) is 15.0 Å². The number of Topliss-reactive ketones (excluding diaryl/α,β-unsaturated/α-hetero) is 1. The zero-order valence-electron chi connectivity index (χ0n) is 22.8. The third kappa shape index (κ3) is 6.91. The Kier molecular flexibility index (Phi) is 9.49. The molecule has 1 aliphatic rings. The molecular weight excluding hydrogens is 514 g/mol. The van der Waals surface area contributed by atoms with Crippen LogP contribution in [-0.2, 0) is 17.8 Å². The highest BCUT2D eigenvalue weighted by atomic mass is 32.1. The highest BCUT2D eigenvalue weighted by Gasteiger charge is 2.30. The number of ketones is 1. The van der Waals surface area contributed by atoms with Crippen molar-refractivity contribution >= 4 is 23.0 Å². The van der Waals surface area contributed by atoms with Crippen molar-refractivity contribution in [2.45, 2.75) is 77.9 Å². The van der Waals surface area contributed by atoms with Crippen molar-refractivity contribution in [3.8, 4) is 6.07 Å². The Labute approximate surface area is 233 Å². The summed E-state index contributed by atoms with van der Waals surface area (Å²) in [5, 5.41) is 29.4. The highest BCUT2D eigenvalue weighted by Crippen LogP contribution is 2.24. The lowest BCUT2D eigenvalue weighted by Crippen LogP contribution is -2.49. The average molecular weight is 550 g/mol. The molecule has 0 aromatic carbocycles. The summed E-state index contributed by atoms with van der Waals surface area (Å²) < 4.78 is 5.46. The number of likely N-dealkylation sites (tertiary alicyclic amines) is 1. The van der Waals surface area contributed by atoms with Crippen LogP contribution in [0.2, 0.25) is 0 Å². The number of nitriles is 1. The maximum Gasteiger partial charge on any atom is 0.295 e. The molecule has 3 aromatic heterocycles. The molecule has 1 aliphatic heterocycles. The number of hydrogen-bond acceptors (Lipinski definition) is 8. The maximum absolute atomic E-state index is 13.2. The van der Waals surface area contributed by atoms with E-state index < -0.39 is 0 Å². The second-order valence-electron chi connectivity index (χ2n) is 10.3. The third-order valence-electron chi connectivity index (χ3n) is 7.69. The van der Waals surface area contributed by atoms with Crippen molar-refractivity contribution in [1.29, 1.82) is 5.26 Å².